The van der Waals surface area contributed by atoms with Crippen LogP contribution in [0, 0.1) is 0 Å². The molecule has 0 spiro atoms. The molecule has 3 heterocycles. The number of furan rings is 2. The molecule has 12 rings (SSSR count). The van der Waals surface area contributed by atoms with Gasteiger partial charge in [-0.05, 0) is 84.9 Å². The van der Waals surface area contributed by atoms with E-state index in [1.807, 2.05) is 12.1 Å². The Bertz CT molecular complexity index is 3250. The third-order valence-corrected chi connectivity index (χ3v) is 11.8. The fourth-order valence-corrected chi connectivity index (χ4v) is 9.12. The van der Waals surface area contributed by atoms with E-state index in [1.165, 1.54) is 38.1 Å². The van der Waals surface area contributed by atoms with E-state index in [2.05, 4.69) is 180 Å². The molecule has 266 valence electrons. The highest BCUT2D eigenvalue weighted by molar-refractivity contribution is 6.23. The molecule has 11 aromatic rings. The smallest absolute Gasteiger partial charge is 0.143 e. The van der Waals surface area contributed by atoms with Gasteiger partial charge in [-0.2, -0.15) is 0 Å². The Morgan fingerprint density at radius 3 is 1.64 bits per heavy atom. The van der Waals surface area contributed by atoms with Gasteiger partial charge < -0.3 is 8.83 Å². The predicted octanol–water partition coefficient (Wildman–Crippen LogP) is 12.8. The summed E-state index contributed by atoms with van der Waals surface area (Å²) < 4.78 is 13.4. The monoisotopic (exact) mass is 721 g/mol. The largest absolute Gasteiger partial charge is 0.456 e. The highest BCUT2D eigenvalue weighted by Crippen LogP contribution is 2.45. The summed E-state index contributed by atoms with van der Waals surface area (Å²) in [6.07, 6.45) is -0.466. The topological polar surface area (TPSA) is 62.4 Å². The summed E-state index contributed by atoms with van der Waals surface area (Å²) in [5.41, 5.74) is 9.10. The van der Waals surface area contributed by atoms with Crippen LogP contribution in [-0.4, -0.2) is 0 Å². The zero-order valence-electron chi connectivity index (χ0n) is 30.3. The summed E-state index contributed by atoms with van der Waals surface area (Å²) in [6.45, 7) is 0. The lowest BCUT2D eigenvalue weighted by atomic mass is 9.93. The standard InChI is InChI=1S/C51H35N3O2/c1-3-13-32-27-34(25-23-30(32)11-1)49-52-50(35-26-24-31-12-2-4-14-33(31)28-35)54-51(53-49)41-20-10-22-44-47(41)40-19-9-18-38(48(40)56-44)42-29-45-46(37-16-6-5-15-36(37)42)39-17-7-8-21-43(39)55-45/h1-29,49-54H. The molecular formula is C51H35N3O2. The van der Waals surface area contributed by atoms with Crippen molar-refractivity contribution in [3.63, 3.8) is 0 Å². The van der Waals surface area contributed by atoms with Crippen molar-refractivity contribution in [2.24, 2.45) is 0 Å². The second-order valence-electron chi connectivity index (χ2n) is 15.0. The van der Waals surface area contributed by atoms with Gasteiger partial charge in [0.25, 0.3) is 0 Å². The molecule has 0 saturated carbocycles. The minimum absolute atomic E-state index is 0.131. The van der Waals surface area contributed by atoms with Crippen LogP contribution in [0.1, 0.15) is 35.2 Å². The molecule has 56 heavy (non-hydrogen) atoms. The van der Waals surface area contributed by atoms with Gasteiger partial charge in [-0.3, -0.25) is 16.0 Å². The van der Waals surface area contributed by atoms with Gasteiger partial charge in [0.1, 0.15) is 22.3 Å². The fourth-order valence-electron chi connectivity index (χ4n) is 9.12. The maximum atomic E-state index is 6.91. The SMILES string of the molecule is c1ccc2cc(C3NC(c4ccc5ccccc5c4)NC(c4cccc5oc6c(-c7cc8oc9ccccc9c8c8ccccc78)cccc6c45)N3)ccc2c1. The van der Waals surface area contributed by atoms with E-state index < -0.39 is 0 Å². The van der Waals surface area contributed by atoms with Crippen molar-refractivity contribution in [1.82, 2.24) is 16.0 Å². The second-order valence-corrected chi connectivity index (χ2v) is 15.0. The lowest BCUT2D eigenvalue weighted by Crippen LogP contribution is -2.54. The van der Waals surface area contributed by atoms with Crippen LogP contribution in [0.2, 0.25) is 0 Å². The van der Waals surface area contributed by atoms with Crippen molar-refractivity contribution in [3.8, 4) is 11.1 Å². The van der Waals surface area contributed by atoms with Gasteiger partial charge in [0.15, 0.2) is 0 Å². The summed E-state index contributed by atoms with van der Waals surface area (Å²) in [5, 5.41) is 23.5. The molecule has 0 radical (unpaired) electrons. The van der Waals surface area contributed by atoms with E-state index in [9.17, 15) is 0 Å². The number of nitrogens with one attached hydrogen (secondary N) is 3. The van der Waals surface area contributed by atoms with Crippen molar-refractivity contribution in [3.05, 3.63) is 193 Å². The molecular weight excluding hydrogens is 687 g/mol. The third kappa shape index (κ3) is 4.92. The third-order valence-electron chi connectivity index (χ3n) is 11.8. The molecule has 9 aromatic carbocycles. The van der Waals surface area contributed by atoms with Crippen LogP contribution in [0.3, 0.4) is 0 Å². The normalized spacial score (nSPS) is 17.6. The fraction of sp³-hybridized carbons (Fsp3) is 0.0588. The van der Waals surface area contributed by atoms with Gasteiger partial charge in [0.05, 0.1) is 18.5 Å². The van der Waals surface area contributed by atoms with Crippen molar-refractivity contribution < 1.29 is 8.83 Å². The van der Waals surface area contributed by atoms with Gasteiger partial charge >= 0.3 is 0 Å². The number of fused-ring (bicyclic) bond motifs is 10. The first-order valence-electron chi connectivity index (χ1n) is 19.3. The van der Waals surface area contributed by atoms with Crippen LogP contribution in [0.4, 0.5) is 0 Å². The van der Waals surface area contributed by atoms with E-state index in [4.69, 9.17) is 8.83 Å². The molecule has 2 aromatic heterocycles. The first kappa shape index (κ1) is 31.6. The van der Waals surface area contributed by atoms with Crippen LogP contribution < -0.4 is 16.0 Å². The van der Waals surface area contributed by atoms with E-state index in [1.54, 1.807) is 0 Å². The zero-order chi connectivity index (χ0) is 36.7. The first-order valence-corrected chi connectivity index (χ1v) is 19.3. The average Bonchev–Trinajstić information content (AvgIpc) is 3.84. The number of hydrogen-bond acceptors (Lipinski definition) is 5. The lowest BCUT2D eigenvalue weighted by molar-refractivity contribution is 0.204. The Morgan fingerprint density at radius 1 is 0.339 bits per heavy atom. The summed E-state index contributed by atoms with van der Waals surface area (Å²) in [4.78, 5) is 0. The molecule has 3 N–H and O–H groups in total. The van der Waals surface area contributed by atoms with Gasteiger partial charge in [-0.1, -0.05) is 146 Å². The van der Waals surface area contributed by atoms with Gasteiger partial charge in [-0.25, -0.2) is 0 Å². The molecule has 1 aliphatic rings. The minimum Gasteiger partial charge on any atom is -0.456 e. The Hall–Kier alpha value is -6.76. The molecule has 5 nitrogen and oxygen atoms in total. The van der Waals surface area contributed by atoms with Crippen LogP contribution in [0.5, 0.6) is 0 Å². The molecule has 0 bridgehead atoms. The quantitative estimate of drug-likeness (QED) is 0.169. The van der Waals surface area contributed by atoms with Gasteiger partial charge in [-0.15, -0.1) is 0 Å². The van der Waals surface area contributed by atoms with Gasteiger partial charge in [0.2, 0.25) is 0 Å². The molecule has 5 heteroatoms. The molecule has 2 unspecified atom stereocenters. The summed E-state index contributed by atoms with van der Waals surface area (Å²) in [6, 6.07) is 62.6. The summed E-state index contributed by atoms with van der Waals surface area (Å²) >= 11 is 0. The molecule has 0 amide bonds. The highest BCUT2D eigenvalue weighted by atomic mass is 16.3. The van der Waals surface area contributed by atoms with E-state index in [0.717, 1.165) is 66.0 Å². The molecule has 0 aliphatic carbocycles. The lowest BCUT2D eigenvalue weighted by Gasteiger charge is -2.40. The molecule has 2 atom stereocenters. The maximum Gasteiger partial charge on any atom is 0.143 e. The van der Waals surface area contributed by atoms with Crippen molar-refractivity contribution in [2.75, 3.05) is 0 Å². The Labute approximate surface area is 322 Å². The molecule has 1 saturated heterocycles. The van der Waals surface area contributed by atoms with E-state index >= 15 is 0 Å². The highest BCUT2D eigenvalue weighted by Gasteiger charge is 2.32. The Balaban J connectivity index is 1.02. The van der Waals surface area contributed by atoms with Gasteiger partial charge in [0, 0.05) is 27.1 Å². The predicted molar refractivity (Wildman–Crippen MR) is 229 cm³/mol. The average molecular weight is 722 g/mol. The summed E-state index contributed by atoms with van der Waals surface area (Å²) in [7, 11) is 0. The van der Waals surface area contributed by atoms with Crippen molar-refractivity contribution >= 4 is 76.2 Å². The van der Waals surface area contributed by atoms with E-state index in [-0.39, 0.29) is 18.5 Å². The van der Waals surface area contributed by atoms with Crippen LogP contribution in [0.15, 0.2) is 185 Å². The Kier molecular flexibility index (Phi) is 6.98. The number of benzene rings is 9. The number of para-hydroxylation sites is 2. The second kappa shape index (κ2) is 12.4. The zero-order valence-corrected chi connectivity index (χ0v) is 30.3. The summed E-state index contributed by atoms with van der Waals surface area (Å²) in [5.74, 6) is 0. The van der Waals surface area contributed by atoms with Crippen molar-refractivity contribution in [1.29, 1.82) is 0 Å². The Morgan fingerprint density at radius 2 is 0.911 bits per heavy atom. The van der Waals surface area contributed by atoms with Crippen LogP contribution in [-0.2, 0) is 0 Å². The van der Waals surface area contributed by atoms with Crippen LogP contribution >= 0.6 is 0 Å². The van der Waals surface area contributed by atoms with Crippen LogP contribution in [0.25, 0.3) is 87.3 Å². The maximum absolute atomic E-state index is 6.91. The molecule has 1 fully saturated rings. The van der Waals surface area contributed by atoms with E-state index in [0.29, 0.717) is 0 Å². The first-order chi connectivity index (χ1) is 27.7. The minimum atomic E-state index is -0.204. The molecule has 1 aliphatic heterocycles. The number of hydrogen-bond donors (Lipinski definition) is 3. The number of rotatable bonds is 4. The van der Waals surface area contributed by atoms with Crippen molar-refractivity contribution in [2.45, 2.75) is 18.5 Å².